The van der Waals surface area contributed by atoms with Gasteiger partial charge in [-0.25, -0.2) is 9.59 Å². The lowest BCUT2D eigenvalue weighted by atomic mass is 9.83. The summed E-state index contributed by atoms with van der Waals surface area (Å²) in [6.07, 6.45) is -6.02. The first-order valence-electron chi connectivity index (χ1n) is 8.63. The van der Waals surface area contributed by atoms with Gasteiger partial charge in [-0.2, -0.15) is 0 Å². The molecular formula is C17H22O11. The average Bonchev–Trinajstić information content (AvgIpc) is 3.13. The van der Waals surface area contributed by atoms with Gasteiger partial charge in [0.05, 0.1) is 31.5 Å². The Labute approximate surface area is 159 Å². The van der Waals surface area contributed by atoms with Gasteiger partial charge in [0.2, 0.25) is 6.29 Å². The molecule has 1 fully saturated rings. The van der Waals surface area contributed by atoms with E-state index in [0.29, 0.717) is 0 Å². The van der Waals surface area contributed by atoms with Crippen LogP contribution in [0.5, 0.6) is 0 Å². The molecule has 2 heterocycles. The van der Waals surface area contributed by atoms with Gasteiger partial charge in [-0.15, -0.1) is 0 Å². The quantitative estimate of drug-likeness (QED) is 0.318. The Morgan fingerprint density at radius 1 is 1.14 bits per heavy atom. The largest absolute Gasteiger partial charge is 0.478 e. The van der Waals surface area contributed by atoms with Crippen LogP contribution in [0.1, 0.15) is 6.42 Å². The zero-order valence-corrected chi connectivity index (χ0v) is 14.9. The number of carbonyl (C=O) groups excluding carboxylic acids is 1. The first-order valence-corrected chi connectivity index (χ1v) is 8.63. The fourth-order valence-electron chi connectivity index (χ4n) is 3.70. The van der Waals surface area contributed by atoms with Gasteiger partial charge in [0.25, 0.3) is 0 Å². The van der Waals surface area contributed by atoms with Gasteiger partial charge in [0.1, 0.15) is 24.4 Å². The van der Waals surface area contributed by atoms with Crippen LogP contribution in [0.25, 0.3) is 0 Å². The smallest absolute Gasteiger partial charge is 0.335 e. The van der Waals surface area contributed by atoms with Crippen LogP contribution in [0.2, 0.25) is 0 Å². The fourth-order valence-corrected chi connectivity index (χ4v) is 3.70. The maximum Gasteiger partial charge on any atom is 0.335 e. The van der Waals surface area contributed by atoms with E-state index in [-0.39, 0.29) is 17.6 Å². The molecule has 5 unspecified atom stereocenters. The molecule has 1 saturated heterocycles. The van der Waals surface area contributed by atoms with Crippen molar-refractivity contribution < 1.29 is 54.1 Å². The monoisotopic (exact) mass is 402 g/mol. The van der Waals surface area contributed by atoms with Crippen molar-refractivity contribution in [3.05, 3.63) is 23.5 Å². The second kappa shape index (κ2) is 8.15. The maximum absolute atomic E-state index is 12.1. The normalized spacial score (nSPS) is 40.0. The van der Waals surface area contributed by atoms with E-state index in [4.69, 9.17) is 18.9 Å². The molecule has 28 heavy (non-hydrogen) atoms. The van der Waals surface area contributed by atoms with Crippen LogP contribution in [-0.4, -0.2) is 88.2 Å². The summed E-state index contributed by atoms with van der Waals surface area (Å²) in [5.74, 6) is -3.36. The van der Waals surface area contributed by atoms with Crippen LogP contribution in [0.15, 0.2) is 23.5 Å². The second-order valence-electron chi connectivity index (χ2n) is 6.74. The molecule has 1 aliphatic carbocycles. The topological polar surface area (TPSA) is 172 Å². The number of hydrogen-bond acceptors (Lipinski definition) is 10. The molecule has 5 N–H and O–H groups in total. The Morgan fingerprint density at radius 2 is 1.86 bits per heavy atom. The van der Waals surface area contributed by atoms with Crippen molar-refractivity contribution in [2.24, 2.45) is 11.8 Å². The minimum absolute atomic E-state index is 0.0474. The van der Waals surface area contributed by atoms with Crippen molar-refractivity contribution in [3.8, 4) is 0 Å². The third kappa shape index (κ3) is 3.52. The minimum atomic E-state index is -1.67. The predicted molar refractivity (Wildman–Crippen MR) is 87.1 cm³/mol. The van der Waals surface area contributed by atoms with Crippen molar-refractivity contribution in [1.82, 2.24) is 0 Å². The Hall–Kier alpha value is -2.02. The molecule has 156 valence electrons. The fraction of sp³-hybridized carbons (Fsp3) is 0.647. The summed E-state index contributed by atoms with van der Waals surface area (Å²) >= 11 is 0. The summed E-state index contributed by atoms with van der Waals surface area (Å²) in [6, 6.07) is 0. The summed E-state index contributed by atoms with van der Waals surface area (Å²) in [5.41, 5.74) is 0.114. The van der Waals surface area contributed by atoms with Crippen LogP contribution in [0.3, 0.4) is 0 Å². The van der Waals surface area contributed by atoms with Crippen LogP contribution < -0.4 is 0 Å². The summed E-state index contributed by atoms with van der Waals surface area (Å²) in [6.45, 7) is -0.640. The molecule has 2 aliphatic heterocycles. The number of hydrogen-bond donors (Lipinski definition) is 5. The van der Waals surface area contributed by atoms with Crippen LogP contribution >= 0.6 is 0 Å². The minimum Gasteiger partial charge on any atom is -0.478 e. The summed E-state index contributed by atoms with van der Waals surface area (Å²) in [7, 11) is 1.18. The Morgan fingerprint density at radius 3 is 2.46 bits per heavy atom. The number of fused-ring (bicyclic) bond motifs is 1. The van der Waals surface area contributed by atoms with E-state index in [1.807, 2.05) is 0 Å². The number of aliphatic carboxylic acids is 1. The Kier molecular flexibility index (Phi) is 6.03. The molecule has 0 radical (unpaired) electrons. The van der Waals surface area contributed by atoms with E-state index in [2.05, 4.69) is 0 Å². The molecule has 3 aliphatic rings. The molecular weight excluding hydrogens is 380 g/mol. The van der Waals surface area contributed by atoms with E-state index >= 15 is 0 Å². The standard InChI is InChI=1S/C17H22O11/c1-25-15(24)7-3-2-6-8(14(22)23)5-26-16(10(6)7)28-17-13(21)12(20)11(19)9(4-18)27-17/h3,5-6,9-13,16-21H,2,4H2,1H3,(H,22,23)/t6-,9?,10+,11?,12?,13?,16+,17?/m1/s1. The van der Waals surface area contributed by atoms with Crippen LogP contribution in [0, 0.1) is 11.8 Å². The first kappa shape index (κ1) is 20.7. The number of allylic oxidation sites excluding steroid dienone is 1. The third-order valence-corrected chi connectivity index (χ3v) is 5.19. The molecule has 11 heteroatoms. The number of ether oxygens (including phenoxy) is 4. The Bertz CT molecular complexity index is 685. The van der Waals surface area contributed by atoms with Gasteiger partial charge in [-0.3, -0.25) is 0 Å². The number of carbonyl (C=O) groups is 2. The Balaban J connectivity index is 1.85. The number of methoxy groups -OCH3 is 1. The molecule has 0 saturated carbocycles. The van der Waals surface area contributed by atoms with E-state index in [9.17, 15) is 35.1 Å². The highest BCUT2D eigenvalue weighted by Crippen LogP contribution is 2.44. The highest BCUT2D eigenvalue weighted by molar-refractivity contribution is 5.92. The van der Waals surface area contributed by atoms with E-state index in [0.717, 1.165) is 6.26 Å². The molecule has 11 nitrogen and oxygen atoms in total. The van der Waals surface area contributed by atoms with Gasteiger partial charge in [-0.05, 0) is 6.42 Å². The van der Waals surface area contributed by atoms with Crippen molar-refractivity contribution in [2.75, 3.05) is 13.7 Å². The highest BCUT2D eigenvalue weighted by atomic mass is 16.8. The van der Waals surface area contributed by atoms with Crippen molar-refractivity contribution in [3.63, 3.8) is 0 Å². The van der Waals surface area contributed by atoms with Gasteiger partial charge >= 0.3 is 11.9 Å². The SMILES string of the molecule is COC(=O)C1=CC[C@@H]2C(C(=O)O)=CO[C@@H](OC3OC(CO)C(O)C(O)C3O)[C@H]12. The molecule has 0 amide bonds. The molecule has 0 spiro atoms. The molecule has 3 rings (SSSR count). The average molecular weight is 402 g/mol. The van der Waals surface area contributed by atoms with Crippen molar-refractivity contribution in [2.45, 2.75) is 43.4 Å². The van der Waals surface area contributed by atoms with E-state index in [1.54, 1.807) is 0 Å². The zero-order chi connectivity index (χ0) is 20.6. The van der Waals surface area contributed by atoms with Crippen LogP contribution in [-0.2, 0) is 28.5 Å². The lowest BCUT2D eigenvalue weighted by molar-refractivity contribution is -0.339. The van der Waals surface area contributed by atoms with Gasteiger partial charge < -0.3 is 44.5 Å². The second-order valence-corrected chi connectivity index (χ2v) is 6.74. The predicted octanol–water partition coefficient (Wildman–Crippen LogP) is -2.14. The third-order valence-electron chi connectivity index (χ3n) is 5.19. The first-order chi connectivity index (χ1) is 13.3. The molecule has 0 aromatic carbocycles. The van der Waals surface area contributed by atoms with E-state index < -0.39 is 67.4 Å². The van der Waals surface area contributed by atoms with Gasteiger partial charge in [-0.1, -0.05) is 6.08 Å². The molecule has 0 aromatic heterocycles. The van der Waals surface area contributed by atoms with Gasteiger partial charge in [0.15, 0.2) is 6.29 Å². The molecule has 8 atom stereocenters. The number of aliphatic hydroxyl groups is 4. The summed E-state index contributed by atoms with van der Waals surface area (Å²) in [5, 5.41) is 48.5. The van der Waals surface area contributed by atoms with Crippen LogP contribution in [0.4, 0.5) is 0 Å². The van der Waals surface area contributed by atoms with Crippen molar-refractivity contribution >= 4 is 11.9 Å². The highest BCUT2D eigenvalue weighted by Gasteiger charge is 2.51. The number of carboxylic acids is 1. The number of aliphatic hydroxyl groups excluding tert-OH is 4. The van der Waals surface area contributed by atoms with E-state index in [1.165, 1.54) is 13.2 Å². The summed E-state index contributed by atoms with van der Waals surface area (Å²) in [4.78, 5) is 23.6. The molecule has 0 aromatic rings. The number of rotatable bonds is 5. The molecule has 0 bridgehead atoms. The lowest BCUT2D eigenvalue weighted by Gasteiger charge is -2.42. The number of carboxylic acid groups (broad SMARTS) is 1. The summed E-state index contributed by atoms with van der Waals surface area (Å²) < 4.78 is 21.0. The van der Waals surface area contributed by atoms with Crippen molar-refractivity contribution in [1.29, 1.82) is 0 Å². The van der Waals surface area contributed by atoms with Gasteiger partial charge in [0, 0.05) is 11.5 Å². The zero-order valence-electron chi connectivity index (χ0n) is 14.9. The number of esters is 1. The lowest BCUT2D eigenvalue weighted by Crippen LogP contribution is -2.60. The maximum atomic E-state index is 12.1.